The summed E-state index contributed by atoms with van der Waals surface area (Å²) in [6.07, 6.45) is 1.43. The molecule has 0 bridgehead atoms. The number of nitrogens with zero attached hydrogens (tertiary/aromatic N) is 2. The predicted octanol–water partition coefficient (Wildman–Crippen LogP) is 0.508. The Kier molecular flexibility index (Phi) is 3.08. The van der Waals surface area contributed by atoms with E-state index in [1.165, 1.54) is 12.1 Å². The van der Waals surface area contributed by atoms with E-state index in [0.717, 1.165) is 12.8 Å². The summed E-state index contributed by atoms with van der Waals surface area (Å²) in [5.74, 6) is -0.622. The van der Waals surface area contributed by atoms with E-state index in [1.54, 1.807) is 19.0 Å². The molecule has 1 aromatic carbocycles. The second-order valence-electron chi connectivity index (χ2n) is 4.97. The number of phenols is 1. The third-order valence-electron chi connectivity index (χ3n) is 3.10. The summed E-state index contributed by atoms with van der Waals surface area (Å²) in [4.78, 5) is 13.9. The van der Waals surface area contributed by atoms with Gasteiger partial charge in [0, 0.05) is 14.1 Å². The fraction of sp³-hybridized carbons (Fsp3) is 0.385. The number of nitriles is 1. The lowest BCUT2D eigenvalue weighted by atomic mass is 10.0. The van der Waals surface area contributed by atoms with E-state index in [4.69, 9.17) is 11.0 Å². The van der Waals surface area contributed by atoms with Gasteiger partial charge in [-0.15, -0.1) is 0 Å². The number of rotatable bonds is 3. The lowest BCUT2D eigenvalue weighted by Gasteiger charge is -2.21. The normalized spacial score (nSPS) is 15.5. The molecule has 1 saturated carbocycles. The van der Waals surface area contributed by atoms with Gasteiger partial charge in [0.2, 0.25) is 0 Å². The number of benzene rings is 1. The summed E-state index contributed by atoms with van der Waals surface area (Å²) >= 11 is 0. The zero-order chi connectivity index (χ0) is 14.2. The van der Waals surface area contributed by atoms with Gasteiger partial charge in [0.05, 0.1) is 16.9 Å². The number of amides is 1. The fourth-order valence-electron chi connectivity index (χ4n) is 1.91. The summed E-state index contributed by atoms with van der Waals surface area (Å²) in [5.41, 5.74) is 5.97. The third kappa shape index (κ3) is 2.46. The van der Waals surface area contributed by atoms with Gasteiger partial charge in [0.1, 0.15) is 17.4 Å². The van der Waals surface area contributed by atoms with Crippen molar-refractivity contribution in [1.29, 1.82) is 5.26 Å². The Bertz CT molecular complexity index is 571. The molecule has 2 rings (SSSR count). The Balaban J connectivity index is 2.48. The summed E-state index contributed by atoms with van der Waals surface area (Å²) in [5, 5.41) is 21.7. The van der Waals surface area contributed by atoms with Gasteiger partial charge in [-0.1, -0.05) is 0 Å². The number of nitrogens with one attached hydrogen (secondary N) is 1. The Morgan fingerprint density at radius 2 is 2.16 bits per heavy atom. The van der Waals surface area contributed by atoms with Gasteiger partial charge in [0.25, 0.3) is 5.91 Å². The van der Waals surface area contributed by atoms with Gasteiger partial charge in [-0.3, -0.25) is 4.79 Å². The molecule has 0 saturated heterocycles. The van der Waals surface area contributed by atoms with E-state index in [0.29, 0.717) is 11.3 Å². The van der Waals surface area contributed by atoms with Crippen molar-refractivity contribution in [2.24, 2.45) is 5.73 Å². The molecule has 0 atom stereocenters. The number of nitrogens with two attached hydrogens (primary N) is 1. The summed E-state index contributed by atoms with van der Waals surface area (Å²) < 4.78 is 0. The molecule has 0 aromatic heterocycles. The number of carbonyl (C=O) groups excluding carboxylic acids is 1. The molecule has 100 valence electrons. The first kappa shape index (κ1) is 13.2. The molecule has 19 heavy (non-hydrogen) atoms. The van der Waals surface area contributed by atoms with Crippen LogP contribution in [0.1, 0.15) is 28.8 Å². The number of hydrogen-bond acceptors (Lipinski definition) is 5. The monoisotopic (exact) mass is 260 g/mol. The summed E-state index contributed by atoms with van der Waals surface area (Å²) in [7, 11) is 3.42. The van der Waals surface area contributed by atoms with E-state index in [9.17, 15) is 9.90 Å². The number of hydrogen-bond donors (Lipinski definition) is 3. The molecule has 4 N–H and O–H groups in total. The predicted molar refractivity (Wildman–Crippen MR) is 70.8 cm³/mol. The molecule has 0 heterocycles. The van der Waals surface area contributed by atoms with Crippen LogP contribution in [0, 0.1) is 11.3 Å². The van der Waals surface area contributed by atoms with Crippen LogP contribution >= 0.6 is 0 Å². The maximum absolute atomic E-state index is 12.2. The number of aromatic hydroxyl groups is 1. The largest absolute Gasteiger partial charge is 0.507 e. The van der Waals surface area contributed by atoms with Crippen LogP contribution in [-0.4, -0.2) is 30.8 Å². The molecular formula is C13H16N4O2. The molecule has 1 aromatic rings. The van der Waals surface area contributed by atoms with Crippen LogP contribution in [-0.2, 0) is 0 Å². The molecule has 1 fully saturated rings. The van der Waals surface area contributed by atoms with Gasteiger partial charge in [-0.2, -0.15) is 5.26 Å². The molecule has 1 amide bonds. The first-order chi connectivity index (χ1) is 8.88. The second kappa shape index (κ2) is 4.44. The zero-order valence-corrected chi connectivity index (χ0v) is 10.9. The van der Waals surface area contributed by atoms with Crippen molar-refractivity contribution in [2.75, 3.05) is 19.0 Å². The third-order valence-corrected chi connectivity index (χ3v) is 3.10. The van der Waals surface area contributed by atoms with Crippen molar-refractivity contribution >= 4 is 11.6 Å². The van der Waals surface area contributed by atoms with Crippen molar-refractivity contribution in [3.8, 4) is 11.8 Å². The average molecular weight is 260 g/mol. The Morgan fingerprint density at radius 1 is 1.53 bits per heavy atom. The molecule has 0 spiro atoms. The quantitative estimate of drug-likeness (QED) is 0.687. The Morgan fingerprint density at radius 3 is 2.63 bits per heavy atom. The van der Waals surface area contributed by atoms with Gasteiger partial charge in [0.15, 0.2) is 0 Å². The van der Waals surface area contributed by atoms with Crippen molar-refractivity contribution in [3.63, 3.8) is 0 Å². The highest BCUT2D eigenvalue weighted by atomic mass is 16.3. The van der Waals surface area contributed by atoms with Crippen LogP contribution in [0.3, 0.4) is 0 Å². The maximum Gasteiger partial charge on any atom is 0.258 e. The minimum atomic E-state index is -0.671. The summed E-state index contributed by atoms with van der Waals surface area (Å²) in [6.45, 7) is 0. The number of phenolic OH excluding ortho intramolecular Hbond substituents is 1. The van der Waals surface area contributed by atoms with E-state index < -0.39 is 11.6 Å². The minimum absolute atomic E-state index is 0.0841. The Hall–Kier alpha value is -2.26. The van der Waals surface area contributed by atoms with Crippen molar-refractivity contribution in [2.45, 2.75) is 18.5 Å². The zero-order valence-electron chi connectivity index (χ0n) is 10.9. The van der Waals surface area contributed by atoms with Gasteiger partial charge < -0.3 is 21.1 Å². The minimum Gasteiger partial charge on any atom is -0.507 e. The van der Waals surface area contributed by atoms with E-state index in [1.807, 2.05) is 6.07 Å². The lowest BCUT2D eigenvalue weighted by Crippen LogP contribution is -2.44. The highest BCUT2D eigenvalue weighted by molar-refractivity contribution is 6.04. The highest BCUT2D eigenvalue weighted by Gasteiger charge is 2.40. The Labute approximate surface area is 111 Å². The van der Waals surface area contributed by atoms with Crippen molar-refractivity contribution in [3.05, 3.63) is 23.3 Å². The smallest absolute Gasteiger partial charge is 0.258 e. The van der Waals surface area contributed by atoms with Crippen LogP contribution in [0.4, 0.5) is 5.69 Å². The number of carbonyl (C=O) groups is 1. The van der Waals surface area contributed by atoms with Crippen LogP contribution in [0.25, 0.3) is 0 Å². The SMILES string of the molecule is CN(C)c1c(C#N)ccc(O)c1C(=O)NC1(N)CC1. The molecule has 6 nitrogen and oxygen atoms in total. The molecule has 0 unspecified atom stereocenters. The standard InChI is InChI=1S/C13H16N4O2/c1-17(2)11-8(7-14)3-4-9(18)10(11)12(19)16-13(15)5-6-13/h3-4,18H,5-6,15H2,1-2H3,(H,16,19). The van der Waals surface area contributed by atoms with Crippen molar-refractivity contribution < 1.29 is 9.90 Å². The van der Waals surface area contributed by atoms with Crippen LogP contribution < -0.4 is 16.0 Å². The first-order valence-corrected chi connectivity index (χ1v) is 5.93. The van der Waals surface area contributed by atoms with Gasteiger partial charge in [-0.05, 0) is 25.0 Å². The topological polar surface area (TPSA) is 102 Å². The molecule has 1 aliphatic rings. The van der Waals surface area contributed by atoms with E-state index in [-0.39, 0.29) is 11.3 Å². The van der Waals surface area contributed by atoms with Crippen molar-refractivity contribution in [1.82, 2.24) is 5.32 Å². The maximum atomic E-state index is 12.2. The molecule has 6 heteroatoms. The van der Waals surface area contributed by atoms with Crippen LogP contribution in [0.2, 0.25) is 0 Å². The molecular weight excluding hydrogens is 244 g/mol. The fourth-order valence-corrected chi connectivity index (χ4v) is 1.91. The van der Waals surface area contributed by atoms with Gasteiger partial charge in [-0.25, -0.2) is 0 Å². The van der Waals surface area contributed by atoms with E-state index >= 15 is 0 Å². The molecule has 0 aliphatic heterocycles. The second-order valence-corrected chi connectivity index (χ2v) is 4.97. The van der Waals surface area contributed by atoms with E-state index in [2.05, 4.69) is 5.32 Å². The lowest BCUT2D eigenvalue weighted by molar-refractivity contribution is 0.0931. The first-order valence-electron chi connectivity index (χ1n) is 5.93. The number of anilines is 1. The van der Waals surface area contributed by atoms with Gasteiger partial charge >= 0.3 is 0 Å². The molecule has 0 radical (unpaired) electrons. The summed E-state index contributed by atoms with van der Waals surface area (Å²) in [6, 6.07) is 4.84. The average Bonchev–Trinajstić information content (AvgIpc) is 3.05. The highest BCUT2D eigenvalue weighted by Crippen LogP contribution is 2.34. The van der Waals surface area contributed by atoms with Crippen LogP contribution in [0.15, 0.2) is 12.1 Å². The molecule has 1 aliphatic carbocycles. The van der Waals surface area contributed by atoms with Crippen LogP contribution in [0.5, 0.6) is 5.75 Å².